The van der Waals surface area contributed by atoms with Crippen LogP contribution in [-0.2, 0) is 9.47 Å². The van der Waals surface area contributed by atoms with E-state index in [0.29, 0.717) is 12.7 Å². The van der Waals surface area contributed by atoms with Crippen molar-refractivity contribution in [2.75, 3.05) is 13.9 Å². The van der Waals surface area contributed by atoms with E-state index in [-0.39, 0.29) is 0 Å². The molecule has 3 heteroatoms. The zero-order valence-corrected chi connectivity index (χ0v) is 9.46. The lowest BCUT2D eigenvalue weighted by Crippen LogP contribution is -2.23. The molecule has 0 atom stereocenters. The quantitative estimate of drug-likeness (QED) is 0.732. The number of benzene rings is 1. The summed E-state index contributed by atoms with van der Waals surface area (Å²) in [6.07, 6.45) is 3.15. The molecule has 0 N–H and O–H groups in total. The molecule has 1 aromatic carbocycles. The first-order valence-corrected chi connectivity index (χ1v) is 5.39. The Balaban J connectivity index is 1.81. The average molecular weight is 226 g/mol. The van der Waals surface area contributed by atoms with E-state index in [4.69, 9.17) is 21.1 Å². The van der Waals surface area contributed by atoms with Crippen LogP contribution in [0.2, 0.25) is 5.02 Å². The third kappa shape index (κ3) is 2.71. The van der Waals surface area contributed by atoms with Gasteiger partial charge in [-0.2, -0.15) is 0 Å². The van der Waals surface area contributed by atoms with E-state index in [1.807, 2.05) is 12.1 Å². The molecule has 0 spiro atoms. The summed E-state index contributed by atoms with van der Waals surface area (Å²) < 4.78 is 10.2. The highest BCUT2D eigenvalue weighted by Crippen LogP contribution is 2.43. The molecule has 1 aliphatic rings. The molecule has 0 heterocycles. The van der Waals surface area contributed by atoms with E-state index in [0.717, 1.165) is 24.0 Å². The Bertz CT molecular complexity index is 304. The Kier molecular flexibility index (Phi) is 3.62. The number of hydrogen-bond donors (Lipinski definition) is 0. The Morgan fingerprint density at radius 2 is 1.93 bits per heavy atom. The lowest BCUT2D eigenvalue weighted by molar-refractivity contribution is -0.0483. The summed E-state index contributed by atoms with van der Waals surface area (Å²) in [6.45, 7) is 0.364. The highest BCUT2D eigenvalue weighted by Gasteiger charge is 2.31. The van der Waals surface area contributed by atoms with Gasteiger partial charge in [0, 0.05) is 12.1 Å². The highest BCUT2D eigenvalue weighted by atomic mass is 35.5. The van der Waals surface area contributed by atoms with Crippen molar-refractivity contribution in [1.29, 1.82) is 0 Å². The van der Waals surface area contributed by atoms with Gasteiger partial charge in [-0.3, -0.25) is 0 Å². The van der Waals surface area contributed by atoms with Crippen LogP contribution in [-0.4, -0.2) is 13.9 Å². The third-order valence-corrected chi connectivity index (χ3v) is 2.92. The SMILES string of the molecule is COCO[C]1CC(c2ccc(Cl)cc2)C1. The zero-order chi connectivity index (χ0) is 10.7. The molecule has 1 radical (unpaired) electrons. The topological polar surface area (TPSA) is 18.5 Å². The molecule has 81 valence electrons. The summed E-state index contributed by atoms with van der Waals surface area (Å²) in [5, 5.41) is 0.790. The highest BCUT2D eigenvalue weighted by molar-refractivity contribution is 6.30. The van der Waals surface area contributed by atoms with E-state index >= 15 is 0 Å². The number of hydrogen-bond acceptors (Lipinski definition) is 2. The fourth-order valence-corrected chi connectivity index (χ4v) is 1.85. The van der Waals surface area contributed by atoms with Crippen LogP contribution in [0.3, 0.4) is 0 Å². The van der Waals surface area contributed by atoms with Crippen molar-refractivity contribution in [2.24, 2.45) is 0 Å². The second-order valence-electron chi connectivity index (χ2n) is 3.75. The van der Waals surface area contributed by atoms with Gasteiger partial charge in [0.1, 0.15) is 12.9 Å². The monoisotopic (exact) mass is 225 g/mol. The second kappa shape index (κ2) is 4.97. The summed E-state index contributed by atoms with van der Waals surface area (Å²) in [4.78, 5) is 0. The van der Waals surface area contributed by atoms with Crippen LogP contribution in [0.5, 0.6) is 0 Å². The van der Waals surface area contributed by atoms with Crippen LogP contribution in [0.25, 0.3) is 0 Å². The van der Waals surface area contributed by atoms with Crippen LogP contribution < -0.4 is 0 Å². The molecule has 1 saturated carbocycles. The van der Waals surface area contributed by atoms with Crippen molar-refractivity contribution in [1.82, 2.24) is 0 Å². The van der Waals surface area contributed by atoms with Crippen LogP contribution in [0.1, 0.15) is 24.3 Å². The summed E-state index contributed by atoms with van der Waals surface area (Å²) in [5.74, 6) is 0.592. The van der Waals surface area contributed by atoms with Gasteiger partial charge >= 0.3 is 0 Å². The fourth-order valence-electron chi connectivity index (χ4n) is 1.72. The minimum Gasteiger partial charge on any atom is -0.359 e. The Hall–Kier alpha value is -0.570. The molecule has 0 bridgehead atoms. The number of ether oxygens (including phenoxy) is 2. The summed E-state index contributed by atoms with van der Waals surface area (Å²) in [6, 6.07) is 8.04. The van der Waals surface area contributed by atoms with Crippen LogP contribution in [0.4, 0.5) is 0 Å². The maximum atomic E-state index is 5.83. The minimum absolute atomic E-state index is 0.364. The lowest BCUT2D eigenvalue weighted by Gasteiger charge is -2.34. The van der Waals surface area contributed by atoms with Gasteiger partial charge in [-0.05, 0) is 36.5 Å². The number of methoxy groups -OCH3 is 1. The Morgan fingerprint density at radius 3 is 2.53 bits per heavy atom. The molecule has 0 saturated heterocycles. The van der Waals surface area contributed by atoms with Gasteiger partial charge in [0.2, 0.25) is 0 Å². The Labute approximate surface area is 95.1 Å². The van der Waals surface area contributed by atoms with Crippen molar-refractivity contribution in [2.45, 2.75) is 18.8 Å². The molecule has 0 aliphatic heterocycles. The largest absolute Gasteiger partial charge is 0.359 e. The molecular weight excluding hydrogens is 212 g/mol. The first-order chi connectivity index (χ1) is 7.29. The lowest BCUT2D eigenvalue weighted by atomic mass is 9.77. The maximum absolute atomic E-state index is 5.83. The van der Waals surface area contributed by atoms with Crippen molar-refractivity contribution in [3.8, 4) is 0 Å². The van der Waals surface area contributed by atoms with E-state index in [2.05, 4.69) is 12.1 Å². The summed E-state index contributed by atoms with van der Waals surface area (Å²) in [5.41, 5.74) is 1.34. The van der Waals surface area contributed by atoms with Crippen LogP contribution >= 0.6 is 11.6 Å². The van der Waals surface area contributed by atoms with Crippen LogP contribution in [0.15, 0.2) is 24.3 Å². The van der Waals surface area contributed by atoms with Gasteiger partial charge in [-0.25, -0.2) is 0 Å². The molecule has 0 aromatic heterocycles. The molecule has 0 unspecified atom stereocenters. The summed E-state index contributed by atoms with van der Waals surface area (Å²) >= 11 is 5.83. The zero-order valence-electron chi connectivity index (χ0n) is 8.70. The van der Waals surface area contributed by atoms with Crippen molar-refractivity contribution >= 4 is 11.6 Å². The molecule has 0 amide bonds. The first-order valence-electron chi connectivity index (χ1n) is 5.01. The van der Waals surface area contributed by atoms with E-state index < -0.39 is 0 Å². The fraction of sp³-hybridized carbons (Fsp3) is 0.417. The van der Waals surface area contributed by atoms with Gasteiger partial charge in [-0.15, -0.1) is 0 Å². The first kappa shape index (κ1) is 10.9. The maximum Gasteiger partial charge on any atom is 0.147 e. The van der Waals surface area contributed by atoms with E-state index in [9.17, 15) is 0 Å². The standard InChI is InChI=1S/C12H14ClO2/c1-14-8-15-12-6-10(7-12)9-2-4-11(13)5-3-9/h2-5,10H,6-8H2,1H3. The second-order valence-corrected chi connectivity index (χ2v) is 4.18. The number of rotatable bonds is 4. The van der Waals surface area contributed by atoms with Crippen LogP contribution in [0, 0.1) is 6.10 Å². The van der Waals surface area contributed by atoms with Crippen molar-refractivity contribution in [3.63, 3.8) is 0 Å². The normalized spacial score (nSPS) is 17.7. The van der Waals surface area contributed by atoms with Gasteiger partial charge in [0.05, 0.1) is 0 Å². The van der Waals surface area contributed by atoms with Crippen molar-refractivity contribution < 1.29 is 9.47 Å². The Morgan fingerprint density at radius 1 is 1.27 bits per heavy atom. The van der Waals surface area contributed by atoms with E-state index in [1.54, 1.807) is 7.11 Å². The molecule has 2 rings (SSSR count). The summed E-state index contributed by atoms with van der Waals surface area (Å²) in [7, 11) is 1.63. The van der Waals surface area contributed by atoms with Gasteiger partial charge < -0.3 is 9.47 Å². The smallest absolute Gasteiger partial charge is 0.147 e. The molecule has 15 heavy (non-hydrogen) atoms. The molecule has 2 nitrogen and oxygen atoms in total. The van der Waals surface area contributed by atoms with Crippen molar-refractivity contribution in [3.05, 3.63) is 41.0 Å². The van der Waals surface area contributed by atoms with E-state index in [1.165, 1.54) is 5.56 Å². The predicted molar refractivity (Wildman–Crippen MR) is 59.6 cm³/mol. The van der Waals surface area contributed by atoms with Gasteiger partial charge in [0.25, 0.3) is 0 Å². The van der Waals surface area contributed by atoms with Gasteiger partial charge in [0.15, 0.2) is 0 Å². The van der Waals surface area contributed by atoms with Gasteiger partial charge in [-0.1, -0.05) is 23.7 Å². The predicted octanol–water partition coefficient (Wildman–Crippen LogP) is 3.37. The molecule has 1 fully saturated rings. The molecular formula is C12H14ClO2. The minimum atomic E-state index is 0.364. The third-order valence-electron chi connectivity index (χ3n) is 2.67. The number of halogens is 1. The molecule has 1 aromatic rings. The molecule has 1 aliphatic carbocycles. The average Bonchev–Trinajstić information content (AvgIpc) is 2.18.